The average Bonchev–Trinajstić information content (AvgIpc) is 3.07. The van der Waals surface area contributed by atoms with Crippen LogP contribution in [0.5, 0.6) is 0 Å². The molecule has 0 fully saturated rings. The monoisotopic (exact) mass is 344 g/mol. The van der Waals surface area contributed by atoms with E-state index >= 15 is 0 Å². The molecule has 0 bridgehead atoms. The molecule has 0 saturated heterocycles. The molecule has 2 aromatic rings. The van der Waals surface area contributed by atoms with E-state index in [9.17, 15) is 4.79 Å². The highest BCUT2D eigenvalue weighted by Crippen LogP contribution is 2.35. The number of pyridine rings is 1. The van der Waals surface area contributed by atoms with Crippen LogP contribution in [0.2, 0.25) is 0 Å². The largest absolute Gasteiger partial charge is 0.363 e. The second-order valence-corrected chi connectivity index (χ2v) is 7.24. The van der Waals surface area contributed by atoms with E-state index in [0.29, 0.717) is 6.54 Å². The molecule has 1 N–H and O–H groups in total. The van der Waals surface area contributed by atoms with Gasteiger partial charge in [-0.05, 0) is 47.5 Å². The first-order chi connectivity index (χ1) is 11.6. The van der Waals surface area contributed by atoms with Gasteiger partial charge in [-0.3, -0.25) is 0 Å². The molecule has 24 heavy (non-hydrogen) atoms. The molecule has 6 heteroatoms. The minimum absolute atomic E-state index is 0.0157. The van der Waals surface area contributed by atoms with Crippen LogP contribution in [0.15, 0.2) is 29.8 Å². The Morgan fingerprint density at radius 1 is 1.46 bits per heavy atom. The number of amides is 2. The Kier molecular flexibility index (Phi) is 5.04. The van der Waals surface area contributed by atoms with Gasteiger partial charge in [0, 0.05) is 38.3 Å². The fraction of sp³-hybridized carbons (Fsp3) is 0.444. The fourth-order valence-corrected chi connectivity index (χ4v) is 4.10. The number of carbonyl (C=O) groups is 1. The molecule has 2 amide bonds. The van der Waals surface area contributed by atoms with E-state index in [0.717, 1.165) is 30.8 Å². The highest BCUT2D eigenvalue weighted by atomic mass is 32.1. The zero-order valence-corrected chi connectivity index (χ0v) is 15.3. The van der Waals surface area contributed by atoms with Gasteiger partial charge in [0.2, 0.25) is 0 Å². The minimum Gasteiger partial charge on any atom is -0.363 e. The van der Waals surface area contributed by atoms with Crippen LogP contribution in [0, 0.1) is 0 Å². The fourth-order valence-electron chi connectivity index (χ4n) is 3.17. The minimum atomic E-state index is 0.0157. The summed E-state index contributed by atoms with van der Waals surface area (Å²) in [4.78, 5) is 22.3. The third-order valence-electron chi connectivity index (χ3n) is 4.45. The summed E-state index contributed by atoms with van der Waals surface area (Å²) in [6.07, 6.45) is 3.68. The van der Waals surface area contributed by atoms with Crippen molar-refractivity contribution in [3.63, 3.8) is 0 Å². The molecule has 128 valence electrons. The van der Waals surface area contributed by atoms with Crippen molar-refractivity contribution in [2.24, 2.45) is 0 Å². The van der Waals surface area contributed by atoms with Crippen LogP contribution in [-0.4, -0.2) is 36.6 Å². The molecular weight excluding hydrogens is 320 g/mol. The number of rotatable bonds is 4. The number of nitrogens with zero attached hydrogens (tertiary/aromatic N) is 3. The van der Waals surface area contributed by atoms with E-state index in [2.05, 4.69) is 28.7 Å². The molecule has 1 aliphatic heterocycles. The van der Waals surface area contributed by atoms with Crippen molar-refractivity contribution >= 4 is 23.2 Å². The molecule has 0 aromatic carbocycles. The van der Waals surface area contributed by atoms with E-state index in [4.69, 9.17) is 0 Å². The Hall–Kier alpha value is -2.08. The van der Waals surface area contributed by atoms with Crippen molar-refractivity contribution in [3.05, 3.63) is 45.8 Å². The Morgan fingerprint density at radius 2 is 2.29 bits per heavy atom. The number of anilines is 1. The normalized spacial score (nSPS) is 16.6. The molecule has 3 heterocycles. The lowest BCUT2D eigenvalue weighted by molar-refractivity contribution is 0.167. The van der Waals surface area contributed by atoms with Crippen molar-refractivity contribution < 1.29 is 4.79 Å². The van der Waals surface area contributed by atoms with E-state index in [1.807, 2.05) is 36.0 Å². The van der Waals surface area contributed by atoms with Gasteiger partial charge in [-0.2, -0.15) is 0 Å². The predicted octanol–water partition coefficient (Wildman–Crippen LogP) is 3.43. The van der Waals surface area contributed by atoms with Crippen LogP contribution in [0.1, 0.15) is 35.4 Å². The number of carbonyl (C=O) groups excluding carboxylic acids is 1. The molecule has 1 aliphatic rings. The van der Waals surface area contributed by atoms with E-state index in [1.54, 1.807) is 17.5 Å². The van der Waals surface area contributed by atoms with Gasteiger partial charge in [0.25, 0.3) is 0 Å². The summed E-state index contributed by atoms with van der Waals surface area (Å²) < 4.78 is 0. The highest BCUT2D eigenvalue weighted by Gasteiger charge is 2.30. The molecule has 0 radical (unpaired) electrons. The summed E-state index contributed by atoms with van der Waals surface area (Å²) in [6.45, 7) is 3.45. The number of nitrogens with one attached hydrogen (secondary N) is 1. The summed E-state index contributed by atoms with van der Waals surface area (Å²) in [5, 5.41) is 5.20. The zero-order valence-electron chi connectivity index (χ0n) is 14.5. The second kappa shape index (κ2) is 7.21. The SMILES string of the molecule is CC[C@@H]1c2ccsc2CCN1C(=O)NCc1ccnc(N(C)C)c1. The summed E-state index contributed by atoms with van der Waals surface area (Å²) in [6, 6.07) is 6.32. The van der Waals surface area contributed by atoms with Gasteiger partial charge in [0.05, 0.1) is 6.04 Å². The Morgan fingerprint density at radius 3 is 3.04 bits per heavy atom. The van der Waals surface area contributed by atoms with Gasteiger partial charge >= 0.3 is 6.03 Å². The maximum absolute atomic E-state index is 12.7. The van der Waals surface area contributed by atoms with Crippen LogP contribution in [0.4, 0.5) is 10.6 Å². The molecule has 3 rings (SSSR count). The lowest BCUT2D eigenvalue weighted by Gasteiger charge is -2.35. The number of thiophene rings is 1. The van der Waals surface area contributed by atoms with E-state index in [-0.39, 0.29) is 12.1 Å². The van der Waals surface area contributed by atoms with Crippen molar-refractivity contribution in [2.45, 2.75) is 32.4 Å². The first kappa shape index (κ1) is 16.8. The summed E-state index contributed by atoms with van der Waals surface area (Å²) in [5.41, 5.74) is 2.38. The number of aromatic nitrogens is 1. The standard InChI is InChI=1S/C18H24N4OS/c1-4-15-14-7-10-24-16(14)6-9-22(15)18(23)20-12-13-5-8-19-17(11-13)21(2)3/h5,7-8,10-11,15H,4,6,9,12H2,1-3H3,(H,20,23)/t15-/m1/s1. The first-order valence-electron chi connectivity index (χ1n) is 8.33. The van der Waals surface area contributed by atoms with Crippen LogP contribution in [0.3, 0.4) is 0 Å². The average molecular weight is 344 g/mol. The Bertz CT molecular complexity index is 713. The highest BCUT2D eigenvalue weighted by molar-refractivity contribution is 7.10. The Balaban J connectivity index is 1.66. The topological polar surface area (TPSA) is 48.5 Å². The molecule has 0 saturated carbocycles. The van der Waals surface area contributed by atoms with Gasteiger partial charge in [-0.15, -0.1) is 11.3 Å². The van der Waals surface area contributed by atoms with E-state index < -0.39 is 0 Å². The molecule has 1 atom stereocenters. The van der Waals surface area contributed by atoms with Crippen molar-refractivity contribution in [3.8, 4) is 0 Å². The molecule has 0 unspecified atom stereocenters. The van der Waals surface area contributed by atoms with Crippen molar-refractivity contribution in [2.75, 3.05) is 25.5 Å². The summed E-state index contributed by atoms with van der Waals surface area (Å²) in [5.74, 6) is 0.897. The number of hydrogen-bond donors (Lipinski definition) is 1. The van der Waals surface area contributed by atoms with Gasteiger partial charge < -0.3 is 15.1 Å². The zero-order chi connectivity index (χ0) is 17.1. The van der Waals surface area contributed by atoms with Gasteiger partial charge in [-0.25, -0.2) is 9.78 Å². The first-order valence-corrected chi connectivity index (χ1v) is 9.21. The van der Waals surface area contributed by atoms with Gasteiger partial charge in [0.1, 0.15) is 5.82 Å². The molecule has 0 aliphatic carbocycles. The second-order valence-electron chi connectivity index (χ2n) is 6.24. The maximum Gasteiger partial charge on any atom is 0.318 e. The smallest absolute Gasteiger partial charge is 0.318 e. The van der Waals surface area contributed by atoms with Crippen LogP contribution in [0.25, 0.3) is 0 Å². The Labute approximate surface area is 147 Å². The molecule has 5 nitrogen and oxygen atoms in total. The lowest BCUT2D eigenvalue weighted by atomic mass is 9.98. The maximum atomic E-state index is 12.7. The number of hydrogen-bond acceptors (Lipinski definition) is 4. The van der Waals surface area contributed by atoms with E-state index in [1.165, 1.54) is 10.4 Å². The van der Waals surface area contributed by atoms with Gasteiger partial charge in [0.15, 0.2) is 0 Å². The van der Waals surface area contributed by atoms with Crippen molar-refractivity contribution in [1.29, 1.82) is 0 Å². The number of urea groups is 1. The van der Waals surface area contributed by atoms with Gasteiger partial charge in [-0.1, -0.05) is 6.92 Å². The predicted molar refractivity (Wildman–Crippen MR) is 98.6 cm³/mol. The lowest BCUT2D eigenvalue weighted by Crippen LogP contribution is -2.44. The van der Waals surface area contributed by atoms with Crippen LogP contribution < -0.4 is 10.2 Å². The van der Waals surface area contributed by atoms with Crippen LogP contribution in [-0.2, 0) is 13.0 Å². The van der Waals surface area contributed by atoms with Crippen molar-refractivity contribution in [1.82, 2.24) is 15.2 Å². The summed E-state index contributed by atoms with van der Waals surface area (Å²) >= 11 is 1.80. The molecule has 0 spiro atoms. The summed E-state index contributed by atoms with van der Waals surface area (Å²) in [7, 11) is 3.92. The van der Waals surface area contributed by atoms with Crippen LogP contribution >= 0.6 is 11.3 Å². The quantitative estimate of drug-likeness (QED) is 0.924. The number of fused-ring (bicyclic) bond motifs is 1. The third-order valence-corrected chi connectivity index (χ3v) is 5.45. The molecular formula is C18H24N4OS. The third kappa shape index (κ3) is 3.38. The molecule has 2 aromatic heterocycles.